The topological polar surface area (TPSA) is 85.1 Å². The summed E-state index contributed by atoms with van der Waals surface area (Å²) in [5.41, 5.74) is 6.75. The molecule has 2 aromatic carbocycles. The number of aromatic nitrogens is 4. The van der Waals surface area contributed by atoms with Crippen LogP contribution >= 0.6 is 11.8 Å². The minimum Gasteiger partial charge on any atom is -0.272 e. The van der Waals surface area contributed by atoms with Crippen LogP contribution in [0.15, 0.2) is 83.3 Å². The lowest BCUT2D eigenvalue weighted by molar-refractivity contribution is -0.118. The highest BCUT2D eigenvalue weighted by Gasteiger charge is 2.17. The molecule has 0 bridgehead atoms. The molecule has 4 rings (SSSR count). The van der Waals surface area contributed by atoms with E-state index in [0.717, 1.165) is 22.4 Å². The summed E-state index contributed by atoms with van der Waals surface area (Å²) >= 11 is 1.26. The van der Waals surface area contributed by atoms with Gasteiger partial charge < -0.3 is 0 Å². The van der Waals surface area contributed by atoms with Gasteiger partial charge in [0.05, 0.1) is 11.5 Å². The van der Waals surface area contributed by atoms with Gasteiger partial charge in [0.15, 0.2) is 11.0 Å². The van der Waals surface area contributed by atoms with Gasteiger partial charge in [-0.15, -0.1) is 10.2 Å². The molecule has 7 nitrogen and oxygen atoms in total. The Labute approximate surface area is 194 Å². The number of thioether (sulfide) groups is 1. The van der Waals surface area contributed by atoms with Crippen LogP contribution < -0.4 is 5.43 Å². The second kappa shape index (κ2) is 10.2. The fraction of sp³-hybridized carbons (Fsp3) is 0.125. The van der Waals surface area contributed by atoms with E-state index in [1.807, 2.05) is 47.9 Å². The van der Waals surface area contributed by atoms with E-state index in [1.165, 1.54) is 23.9 Å². The second-order valence-electron chi connectivity index (χ2n) is 7.24. The number of rotatable bonds is 7. The van der Waals surface area contributed by atoms with Crippen LogP contribution in [0.2, 0.25) is 0 Å². The molecule has 0 unspecified atom stereocenters. The van der Waals surface area contributed by atoms with E-state index in [-0.39, 0.29) is 17.5 Å². The predicted octanol–water partition coefficient (Wildman–Crippen LogP) is 4.41. The minimum atomic E-state index is -0.323. The Balaban J connectivity index is 1.51. The summed E-state index contributed by atoms with van der Waals surface area (Å²) in [5, 5.41) is 13.4. The van der Waals surface area contributed by atoms with Crippen molar-refractivity contribution in [3.8, 4) is 17.1 Å². The van der Waals surface area contributed by atoms with Crippen molar-refractivity contribution in [2.45, 2.75) is 19.0 Å². The maximum absolute atomic E-state index is 13.1. The summed E-state index contributed by atoms with van der Waals surface area (Å²) in [6, 6.07) is 17.7. The van der Waals surface area contributed by atoms with Crippen LogP contribution in [0.1, 0.15) is 18.1 Å². The van der Waals surface area contributed by atoms with Crippen LogP contribution in [-0.4, -0.2) is 37.1 Å². The summed E-state index contributed by atoms with van der Waals surface area (Å²) in [4.78, 5) is 16.5. The van der Waals surface area contributed by atoms with E-state index in [2.05, 4.69) is 25.7 Å². The Kier molecular flexibility index (Phi) is 6.89. The number of hydrogen-bond acceptors (Lipinski definition) is 6. The zero-order valence-corrected chi connectivity index (χ0v) is 18.9. The SMILES string of the molecule is C/C(=N\NC(=O)CSc1nnc(-c2ccncc2)n1-c1ccc(C)cc1)c1ccc(F)cc1. The summed E-state index contributed by atoms with van der Waals surface area (Å²) in [6.07, 6.45) is 3.40. The number of benzene rings is 2. The molecule has 0 aliphatic heterocycles. The van der Waals surface area contributed by atoms with Crippen molar-refractivity contribution in [3.63, 3.8) is 0 Å². The van der Waals surface area contributed by atoms with E-state index in [1.54, 1.807) is 31.5 Å². The molecule has 4 aromatic rings. The van der Waals surface area contributed by atoms with Gasteiger partial charge in [0.2, 0.25) is 0 Å². The van der Waals surface area contributed by atoms with Crippen LogP contribution in [0.4, 0.5) is 4.39 Å². The third kappa shape index (κ3) is 5.50. The predicted molar refractivity (Wildman–Crippen MR) is 127 cm³/mol. The smallest absolute Gasteiger partial charge is 0.250 e. The standard InChI is InChI=1S/C24H21FN6OS/c1-16-3-9-21(10-4-16)31-23(19-11-13-26-14-12-19)29-30-24(31)33-15-22(32)28-27-17(2)18-5-7-20(25)8-6-18/h3-14H,15H2,1-2H3,(H,28,32)/b27-17+. The highest BCUT2D eigenvalue weighted by atomic mass is 32.2. The first-order valence-corrected chi connectivity index (χ1v) is 11.1. The molecule has 2 heterocycles. The molecule has 166 valence electrons. The molecule has 0 saturated heterocycles. The summed E-state index contributed by atoms with van der Waals surface area (Å²) in [5.74, 6) is 0.149. The zero-order chi connectivity index (χ0) is 23.2. The quantitative estimate of drug-likeness (QED) is 0.251. The largest absolute Gasteiger partial charge is 0.272 e. The van der Waals surface area contributed by atoms with Crippen LogP contribution in [-0.2, 0) is 4.79 Å². The molecular formula is C24H21FN6OS. The first kappa shape index (κ1) is 22.3. The molecule has 1 amide bonds. The maximum Gasteiger partial charge on any atom is 0.250 e. The van der Waals surface area contributed by atoms with Crippen molar-refractivity contribution in [3.05, 3.63) is 90.0 Å². The molecule has 2 aromatic heterocycles. The van der Waals surface area contributed by atoms with Gasteiger partial charge in [-0.3, -0.25) is 14.3 Å². The van der Waals surface area contributed by atoms with E-state index in [0.29, 0.717) is 16.7 Å². The number of nitrogens with zero attached hydrogens (tertiary/aromatic N) is 5. The molecule has 0 aliphatic carbocycles. The van der Waals surface area contributed by atoms with Gasteiger partial charge in [0.1, 0.15) is 5.82 Å². The number of amides is 1. The van der Waals surface area contributed by atoms with E-state index >= 15 is 0 Å². The van der Waals surface area contributed by atoms with Crippen molar-refractivity contribution in [1.29, 1.82) is 0 Å². The van der Waals surface area contributed by atoms with Crippen molar-refractivity contribution in [2.75, 3.05) is 5.75 Å². The van der Waals surface area contributed by atoms with Crippen LogP contribution in [0.5, 0.6) is 0 Å². The van der Waals surface area contributed by atoms with Gasteiger partial charge in [-0.1, -0.05) is 41.6 Å². The molecule has 33 heavy (non-hydrogen) atoms. The Bertz CT molecular complexity index is 1270. The van der Waals surface area contributed by atoms with Gasteiger partial charge >= 0.3 is 0 Å². The number of aryl methyl sites for hydroxylation is 1. The second-order valence-corrected chi connectivity index (χ2v) is 8.18. The normalized spacial score (nSPS) is 11.4. The minimum absolute atomic E-state index is 0.0978. The molecule has 1 N–H and O–H groups in total. The molecular weight excluding hydrogens is 439 g/mol. The monoisotopic (exact) mass is 460 g/mol. The van der Waals surface area contributed by atoms with E-state index < -0.39 is 0 Å². The van der Waals surface area contributed by atoms with Crippen LogP contribution in [0, 0.1) is 12.7 Å². The summed E-state index contributed by atoms with van der Waals surface area (Å²) < 4.78 is 15.0. The third-order valence-electron chi connectivity index (χ3n) is 4.81. The highest BCUT2D eigenvalue weighted by molar-refractivity contribution is 7.99. The van der Waals surface area contributed by atoms with Gasteiger partial charge in [-0.25, -0.2) is 9.82 Å². The van der Waals surface area contributed by atoms with Crippen molar-refractivity contribution < 1.29 is 9.18 Å². The molecule has 0 aliphatic rings. The Morgan fingerprint density at radius 1 is 1.03 bits per heavy atom. The van der Waals surface area contributed by atoms with E-state index in [9.17, 15) is 9.18 Å². The third-order valence-corrected chi connectivity index (χ3v) is 5.74. The molecule has 0 spiro atoms. The molecule has 0 atom stereocenters. The Hall–Kier alpha value is -3.85. The van der Waals surface area contributed by atoms with Gasteiger partial charge in [0, 0.05) is 23.6 Å². The average Bonchev–Trinajstić information content (AvgIpc) is 3.26. The van der Waals surface area contributed by atoms with Gasteiger partial charge in [0.25, 0.3) is 5.91 Å². The summed E-state index contributed by atoms with van der Waals surface area (Å²) in [6.45, 7) is 3.77. The number of nitrogens with one attached hydrogen (secondary N) is 1. The number of halogens is 1. The van der Waals surface area contributed by atoms with E-state index in [4.69, 9.17) is 0 Å². The molecule has 9 heteroatoms. The number of carbonyl (C=O) groups excluding carboxylic acids is 1. The van der Waals surface area contributed by atoms with Crippen LogP contribution in [0.3, 0.4) is 0 Å². The molecule has 0 radical (unpaired) electrons. The Morgan fingerprint density at radius 3 is 2.42 bits per heavy atom. The fourth-order valence-electron chi connectivity index (χ4n) is 3.04. The van der Waals surface area contributed by atoms with Crippen molar-refractivity contribution in [2.24, 2.45) is 5.10 Å². The number of hydrogen-bond donors (Lipinski definition) is 1. The zero-order valence-electron chi connectivity index (χ0n) is 18.1. The molecule has 0 saturated carbocycles. The van der Waals surface area contributed by atoms with Crippen molar-refractivity contribution in [1.82, 2.24) is 25.2 Å². The summed E-state index contributed by atoms with van der Waals surface area (Å²) in [7, 11) is 0. The number of carbonyl (C=O) groups is 1. The highest BCUT2D eigenvalue weighted by Crippen LogP contribution is 2.27. The van der Waals surface area contributed by atoms with Crippen LogP contribution in [0.25, 0.3) is 17.1 Å². The number of hydrazone groups is 1. The first-order chi connectivity index (χ1) is 16.0. The Morgan fingerprint density at radius 2 is 1.73 bits per heavy atom. The average molecular weight is 461 g/mol. The fourth-order valence-corrected chi connectivity index (χ4v) is 3.79. The van der Waals surface area contributed by atoms with Gasteiger partial charge in [-0.05, 0) is 55.8 Å². The van der Waals surface area contributed by atoms with Crippen molar-refractivity contribution >= 4 is 23.4 Å². The molecule has 0 fully saturated rings. The van der Waals surface area contributed by atoms with Gasteiger partial charge in [-0.2, -0.15) is 5.10 Å². The first-order valence-electron chi connectivity index (χ1n) is 10.2. The number of pyridine rings is 1. The lowest BCUT2D eigenvalue weighted by Gasteiger charge is -2.10. The lowest BCUT2D eigenvalue weighted by Crippen LogP contribution is -2.21. The lowest BCUT2D eigenvalue weighted by atomic mass is 10.1. The maximum atomic E-state index is 13.1.